The van der Waals surface area contributed by atoms with Gasteiger partial charge in [-0.1, -0.05) is 56.4 Å². The van der Waals surface area contributed by atoms with Gasteiger partial charge < -0.3 is 14.6 Å². The maximum atomic E-state index is 13.4. The molecule has 0 saturated heterocycles. The number of nitrogens with one attached hydrogen (secondary N) is 1. The SMILES string of the molecule is CCOC(=O)[C@H](CCCCCCCCN1C(=O)c2ccccc2C1=O)NC1COc2ccccc2N(CC(=O)O)C1=O.Cl. The smallest absolute Gasteiger partial charge is 0.323 e. The number of carbonyl (C=O) groups excluding carboxylic acids is 4. The summed E-state index contributed by atoms with van der Waals surface area (Å²) in [6.07, 6.45) is 5.39. The Kier molecular flexibility index (Phi) is 12.5. The number of nitrogens with zero attached hydrogens (tertiary/aromatic N) is 2. The highest BCUT2D eigenvalue weighted by molar-refractivity contribution is 6.21. The zero-order valence-electron chi connectivity index (χ0n) is 24.2. The molecule has 2 aromatic rings. The summed E-state index contributed by atoms with van der Waals surface area (Å²) >= 11 is 0. The second-order valence-corrected chi connectivity index (χ2v) is 10.3. The van der Waals surface area contributed by atoms with Gasteiger partial charge in [0.15, 0.2) is 0 Å². The van der Waals surface area contributed by atoms with Gasteiger partial charge in [-0.2, -0.15) is 0 Å². The molecule has 0 spiro atoms. The Morgan fingerprint density at radius 1 is 0.930 bits per heavy atom. The Hall–Kier alpha value is -3.96. The zero-order valence-corrected chi connectivity index (χ0v) is 25.0. The van der Waals surface area contributed by atoms with Gasteiger partial charge in [-0.3, -0.25) is 39.1 Å². The Morgan fingerprint density at radius 3 is 2.19 bits per heavy atom. The molecule has 1 unspecified atom stereocenters. The van der Waals surface area contributed by atoms with Crippen molar-refractivity contribution in [3.05, 3.63) is 59.7 Å². The Labute approximate surface area is 256 Å². The minimum atomic E-state index is -1.16. The van der Waals surface area contributed by atoms with Gasteiger partial charge in [-0.05, 0) is 44.0 Å². The van der Waals surface area contributed by atoms with Crippen LogP contribution in [-0.4, -0.2) is 78.1 Å². The molecule has 2 N–H and O–H groups in total. The number of aliphatic carboxylic acids is 1. The Bertz CT molecular complexity index is 1280. The molecule has 232 valence electrons. The standard InChI is InChI=1S/C31H37N3O8.ClH/c1-2-41-31(40)23(32-24-20-42-26-17-11-10-16-25(26)34(30(24)39)19-27(35)36)15-7-5-3-4-6-12-18-33-28(37)21-13-8-9-14-22(21)29(33)38;/h8-11,13-14,16-17,23-24,32H,2-7,12,15,18-20H2,1H3,(H,35,36);1H/t23-,24?;/m0./s1. The number of carboxylic acids is 1. The van der Waals surface area contributed by atoms with Gasteiger partial charge in [0.05, 0.1) is 23.4 Å². The largest absolute Gasteiger partial charge is 0.489 e. The van der Waals surface area contributed by atoms with Gasteiger partial charge in [0.2, 0.25) is 5.91 Å². The molecule has 43 heavy (non-hydrogen) atoms. The summed E-state index contributed by atoms with van der Waals surface area (Å²) in [5, 5.41) is 12.5. The quantitative estimate of drug-likeness (QED) is 0.174. The zero-order chi connectivity index (χ0) is 30.1. The number of anilines is 1. The predicted molar refractivity (Wildman–Crippen MR) is 161 cm³/mol. The maximum Gasteiger partial charge on any atom is 0.323 e. The highest BCUT2D eigenvalue weighted by Gasteiger charge is 2.36. The van der Waals surface area contributed by atoms with E-state index in [1.54, 1.807) is 55.5 Å². The predicted octanol–water partition coefficient (Wildman–Crippen LogP) is 3.84. The van der Waals surface area contributed by atoms with Crippen LogP contribution in [0.2, 0.25) is 0 Å². The van der Waals surface area contributed by atoms with Gasteiger partial charge in [0, 0.05) is 6.54 Å². The third-order valence-electron chi connectivity index (χ3n) is 7.40. The first-order chi connectivity index (χ1) is 20.3. The summed E-state index contributed by atoms with van der Waals surface area (Å²) in [5.74, 6) is -2.20. The van der Waals surface area contributed by atoms with Crippen molar-refractivity contribution in [1.29, 1.82) is 0 Å². The van der Waals surface area contributed by atoms with Crippen LogP contribution in [0.4, 0.5) is 5.69 Å². The van der Waals surface area contributed by atoms with Crippen LogP contribution in [-0.2, 0) is 19.1 Å². The van der Waals surface area contributed by atoms with Crippen LogP contribution in [0.3, 0.4) is 0 Å². The molecule has 0 radical (unpaired) electrons. The van der Waals surface area contributed by atoms with Crippen molar-refractivity contribution in [3.8, 4) is 5.75 Å². The minimum absolute atomic E-state index is 0. The van der Waals surface area contributed by atoms with Crippen LogP contribution < -0.4 is 15.0 Å². The normalized spacial score (nSPS) is 16.5. The molecular formula is C31H38ClN3O8. The van der Waals surface area contributed by atoms with Crippen molar-refractivity contribution in [2.75, 3.05) is 31.2 Å². The number of benzene rings is 2. The number of halogens is 1. The lowest BCUT2D eigenvalue weighted by Crippen LogP contribution is -2.54. The monoisotopic (exact) mass is 615 g/mol. The van der Waals surface area contributed by atoms with Crippen molar-refractivity contribution in [1.82, 2.24) is 10.2 Å². The minimum Gasteiger partial charge on any atom is -0.489 e. The van der Waals surface area contributed by atoms with Gasteiger partial charge in [0.1, 0.15) is 31.0 Å². The van der Waals surface area contributed by atoms with Crippen LogP contribution >= 0.6 is 12.4 Å². The number of unbranched alkanes of at least 4 members (excludes halogenated alkanes) is 5. The molecule has 0 saturated carbocycles. The fourth-order valence-electron chi connectivity index (χ4n) is 5.29. The van der Waals surface area contributed by atoms with E-state index in [2.05, 4.69) is 5.32 Å². The first-order valence-electron chi connectivity index (χ1n) is 14.4. The van der Waals surface area contributed by atoms with E-state index in [1.165, 1.54) is 4.90 Å². The lowest BCUT2D eigenvalue weighted by molar-refractivity contribution is -0.146. The number of rotatable bonds is 15. The van der Waals surface area contributed by atoms with Gasteiger partial charge in [0.25, 0.3) is 11.8 Å². The molecule has 0 aromatic heterocycles. The second kappa shape index (κ2) is 16.0. The molecule has 11 nitrogen and oxygen atoms in total. The second-order valence-electron chi connectivity index (χ2n) is 10.3. The first kappa shape index (κ1) is 33.5. The number of fused-ring (bicyclic) bond motifs is 2. The summed E-state index contributed by atoms with van der Waals surface area (Å²) in [7, 11) is 0. The molecule has 0 bridgehead atoms. The summed E-state index contributed by atoms with van der Waals surface area (Å²) in [4.78, 5) is 65.1. The van der Waals surface area contributed by atoms with Crippen molar-refractivity contribution < 1.29 is 38.6 Å². The van der Waals surface area contributed by atoms with Crippen molar-refractivity contribution in [3.63, 3.8) is 0 Å². The van der Waals surface area contributed by atoms with E-state index in [0.29, 0.717) is 42.0 Å². The Morgan fingerprint density at radius 2 is 1.53 bits per heavy atom. The average Bonchev–Trinajstić information content (AvgIpc) is 3.14. The molecule has 2 aliphatic heterocycles. The summed E-state index contributed by atoms with van der Waals surface area (Å²) in [6, 6.07) is 11.9. The summed E-state index contributed by atoms with van der Waals surface area (Å²) < 4.78 is 11.1. The van der Waals surface area contributed by atoms with Crippen LogP contribution in [0.1, 0.15) is 72.6 Å². The lowest BCUT2D eigenvalue weighted by atomic mass is 10.0. The molecule has 2 aromatic carbocycles. The third kappa shape index (κ3) is 8.32. The fraction of sp³-hybridized carbons (Fsp3) is 0.452. The number of para-hydroxylation sites is 2. The highest BCUT2D eigenvalue weighted by Crippen LogP contribution is 2.31. The molecule has 0 aliphatic carbocycles. The molecule has 2 aliphatic rings. The number of carboxylic acid groups (broad SMARTS) is 1. The van der Waals surface area contributed by atoms with Crippen molar-refractivity contribution in [2.24, 2.45) is 0 Å². The highest BCUT2D eigenvalue weighted by atomic mass is 35.5. The number of ether oxygens (including phenoxy) is 2. The van der Waals surface area contributed by atoms with E-state index in [0.717, 1.165) is 37.0 Å². The number of amides is 3. The van der Waals surface area contributed by atoms with E-state index >= 15 is 0 Å². The molecule has 3 amide bonds. The number of hydrogen-bond acceptors (Lipinski definition) is 8. The number of imide groups is 1. The molecule has 12 heteroatoms. The molecule has 4 rings (SSSR count). The van der Waals surface area contributed by atoms with Crippen molar-refractivity contribution >= 4 is 47.8 Å². The lowest BCUT2D eigenvalue weighted by Gasteiger charge is -2.26. The molecule has 0 fully saturated rings. The fourth-order valence-corrected chi connectivity index (χ4v) is 5.29. The van der Waals surface area contributed by atoms with E-state index in [4.69, 9.17) is 9.47 Å². The third-order valence-corrected chi connectivity index (χ3v) is 7.40. The van der Waals surface area contributed by atoms with E-state index in [1.807, 2.05) is 0 Å². The number of carbonyl (C=O) groups is 5. The summed E-state index contributed by atoms with van der Waals surface area (Å²) in [5.41, 5.74) is 1.29. The Balaban J connectivity index is 0.00000506. The van der Waals surface area contributed by atoms with Crippen LogP contribution in [0.15, 0.2) is 48.5 Å². The van der Waals surface area contributed by atoms with Gasteiger partial charge >= 0.3 is 11.9 Å². The molecule has 2 heterocycles. The molecule has 2 atom stereocenters. The number of esters is 1. The summed E-state index contributed by atoms with van der Waals surface area (Å²) in [6.45, 7) is 1.70. The molecular weight excluding hydrogens is 578 g/mol. The topological polar surface area (TPSA) is 143 Å². The van der Waals surface area contributed by atoms with Crippen LogP contribution in [0, 0.1) is 0 Å². The van der Waals surface area contributed by atoms with Gasteiger partial charge in [-0.15, -0.1) is 12.4 Å². The van der Waals surface area contributed by atoms with Crippen molar-refractivity contribution in [2.45, 2.75) is 64.0 Å². The average molecular weight is 616 g/mol. The van der Waals surface area contributed by atoms with E-state index in [-0.39, 0.29) is 37.4 Å². The van der Waals surface area contributed by atoms with Crippen LogP contribution in [0.25, 0.3) is 0 Å². The first-order valence-corrected chi connectivity index (χ1v) is 14.4. The van der Waals surface area contributed by atoms with Gasteiger partial charge in [-0.25, -0.2) is 0 Å². The maximum absolute atomic E-state index is 13.4. The van der Waals surface area contributed by atoms with Crippen LogP contribution in [0.5, 0.6) is 5.75 Å². The number of hydrogen-bond donors (Lipinski definition) is 2. The van der Waals surface area contributed by atoms with E-state index < -0.39 is 36.5 Å². The van der Waals surface area contributed by atoms with E-state index in [9.17, 15) is 29.1 Å².